The fourth-order valence-corrected chi connectivity index (χ4v) is 5.02. The van der Waals surface area contributed by atoms with Gasteiger partial charge in [0.15, 0.2) is 0 Å². The third-order valence-corrected chi connectivity index (χ3v) is 6.58. The Morgan fingerprint density at radius 3 is 2.97 bits per heavy atom. The number of nitrogens with one attached hydrogen (secondary N) is 1. The van der Waals surface area contributed by atoms with Crippen molar-refractivity contribution in [2.24, 2.45) is 7.05 Å². The molecule has 0 radical (unpaired) electrons. The second-order valence-electron chi connectivity index (χ2n) is 6.87. The maximum Gasteiger partial charge on any atom is 0.259 e. The van der Waals surface area contributed by atoms with Crippen LogP contribution in [0.25, 0.3) is 0 Å². The second-order valence-corrected chi connectivity index (χ2v) is 8.82. The standard InChI is InChI=1S/C20H17Cl2N5OS/c1-26-9-13(8-24-26)19(28)25-20-16(7-23)15-4-5-27(11-18(15)29-20)10-12-6-14(21)2-3-17(12)22/h2-3,6,8-9H,4-5,10-11H2,1H3,(H,25,28). The van der Waals surface area contributed by atoms with Crippen LogP contribution in [0.4, 0.5) is 5.00 Å². The van der Waals surface area contributed by atoms with Crippen molar-refractivity contribution >= 4 is 45.4 Å². The molecule has 9 heteroatoms. The lowest BCUT2D eigenvalue weighted by Gasteiger charge is -2.27. The molecule has 0 unspecified atom stereocenters. The summed E-state index contributed by atoms with van der Waals surface area (Å²) in [5.74, 6) is -0.268. The molecule has 1 aromatic carbocycles. The Kier molecular flexibility index (Phi) is 5.61. The number of aryl methyl sites for hydroxylation is 1. The van der Waals surface area contributed by atoms with Gasteiger partial charge >= 0.3 is 0 Å². The number of thiophene rings is 1. The number of carbonyl (C=O) groups is 1. The average Bonchev–Trinajstić information content (AvgIpc) is 3.27. The first-order valence-corrected chi connectivity index (χ1v) is 10.5. The van der Waals surface area contributed by atoms with Crippen molar-refractivity contribution in [1.29, 1.82) is 5.26 Å². The molecular weight excluding hydrogens is 429 g/mol. The van der Waals surface area contributed by atoms with E-state index in [0.717, 1.165) is 29.0 Å². The van der Waals surface area contributed by atoms with Gasteiger partial charge in [0.25, 0.3) is 5.91 Å². The van der Waals surface area contributed by atoms with Gasteiger partial charge in [-0.3, -0.25) is 14.4 Å². The van der Waals surface area contributed by atoms with E-state index in [0.29, 0.717) is 39.3 Å². The molecule has 1 amide bonds. The zero-order valence-corrected chi connectivity index (χ0v) is 17.9. The van der Waals surface area contributed by atoms with E-state index in [1.807, 2.05) is 6.07 Å². The van der Waals surface area contributed by atoms with Crippen molar-refractivity contribution in [1.82, 2.24) is 14.7 Å². The Morgan fingerprint density at radius 1 is 1.41 bits per heavy atom. The van der Waals surface area contributed by atoms with E-state index in [4.69, 9.17) is 23.2 Å². The maximum absolute atomic E-state index is 12.5. The van der Waals surface area contributed by atoms with Crippen LogP contribution in [0.1, 0.15) is 31.9 Å². The Balaban J connectivity index is 1.54. The Hall–Kier alpha value is -2.37. The molecule has 1 N–H and O–H groups in total. The predicted molar refractivity (Wildman–Crippen MR) is 114 cm³/mol. The normalized spacial score (nSPS) is 13.7. The molecule has 1 aliphatic heterocycles. The smallest absolute Gasteiger partial charge is 0.259 e. The molecule has 4 rings (SSSR count). The van der Waals surface area contributed by atoms with Gasteiger partial charge in [0.05, 0.1) is 17.3 Å². The predicted octanol–water partition coefficient (Wildman–Crippen LogP) is 4.47. The summed E-state index contributed by atoms with van der Waals surface area (Å²) in [7, 11) is 1.75. The highest BCUT2D eigenvalue weighted by Crippen LogP contribution is 2.37. The SMILES string of the molecule is Cn1cc(C(=O)Nc2sc3c(c2C#N)CCN(Cc2cc(Cl)ccc2Cl)C3)cn1. The van der Waals surface area contributed by atoms with Gasteiger partial charge < -0.3 is 5.32 Å². The lowest BCUT2D eigenvalue weighted by Crippen LogP contribution is -2.29. The number of nitrogens with zero attached hydrogens (tertiary/aromatic N) is 4. The summed E-state index contributed by atoms with van der Waals surface area (Å²) in [4.78, 5) is 15.8. The maximum atomic E-state index is 12.5. The minimum absolute atomic E-state index is 0.268. The molecule has 0 spiro atoms. The van der Waals surface area contributed by atoms with E-state index in [-0.39, 0.29) is 5.91 Å². The summed E-state index contributed by atoms with van der Waals surface area (Å²) in [5, 5.41) is 18.5. The molecule has 3 heterocycles. The number of benzene rings is 1. The molecule has 0 atom stereocenters. The van der Waals surface area contributed by atoms with Gasteiger partial charge in [-0.25, -0.2) is 0 Å². The number of anilines is 1. The highest BCUT2D eigenvalue weighted by atomic mass is 35.5. The first kappa shape index (κ1) is 19.9. The first-order chi connectivity index (χ1) is 13.9. The summed E-state index contributed by atoms with van der Waals surface area (Å²) < 4.78 is 1.57. The Bertz CT molecular complexity index is 1130. The van der Waals surface area contributed by atoms with Gasteiger partial charge in [-0.05, 0) is 35.7 Å². The van der Waals surface area contributed by atoms with Crippen molar-refractivity contribution in [3.63, 3.8) is 0 Å². The quantitative estimate of drug-likeness (QED) is 0.642. The van der Waals surface area contributed by atoms with Crippen LogP contribution in [0.15, 0.2) is 30.6 Å². The Morgan fingerprint density at radius 2 is 2.24 bits per heavy atom. The van der Waals surface area contributed by atoms with Gasteiger partial charge in [-0.15, -0.1) is 11.3 Å². The summed E-state index contributed by atoms with van der Waals surface area (Å²) in [6.45, 7) is 2.17. The Labute approximate surface area is 182 Å². The molecule has 0 bridgehead atoms. The van der Waals surface area contributed by atoms with Crippen LogP contribution in [-0.2, 0) is 26.6 Å². The molecule has 1 aliphatic rings. The van der Waals surface area contributed by atoms with E-state index >= 15 is 0 Å². The van der Waals surface area contributed by atoms with Crippen molar-refractivity contribution in [2.75, 3.05) is 11.9 Å². The number of nitriles is 1. The van der Waals surface area contributed by atoms with Crippen LogP contribution in [0, 0.1) is 11.3 Å². The molecule has 2 aromatic heterocycles. The molecule has 148 valence electrons. The van der Waals surface area contributed by atoms with Gasteiger partial charge in [-0.2, -0.15) is 10.4 Å². The molecule has 0 saturated carbocycles. The molecule has 0 saturated heterocycles. The highest BCUT2D eigenvalue weighted by Gasteiger charge is 2.26. The van der Waals surface area contributed by atoms with Crippen molar-refractivity contribution in [2.45, 2.75) is 19.5 Å². The van der Waals surface area contributed by atoms with E-state index in [1.165, 1.54) is 17.5 Å². The van der Waals surface area contributed by atoms with Crippen LogP contribution in [0.3, 0.4) is 0 Å². The second kappa shape index (κ2) is 8.17. The number of carbonyl (C=O) groups excluding carboxylic acids is 1. The van der Waals surface area contributed by atoms with Crippen LogP contribution >= 0.6 is 34.5 Å². The third kappa shape index (κ3) is 4.16. The summed E-state index contributed by atoms with van der Waals surface area (Å²) >= 11 is 13.9. The summed E-state index contributed by atoms with van der Waals surface area (Å²) in [5.41, 5.74) is 3.01. The van der Waals surface area contributed by atoms with Crippen LogP contribution in [0.2, 0.25) is 10.0 Å². The van der Waals surface area contributed by atoms with Gasteiger partial charge in [-0.1, -0.05) is 23.2 Å². The zero-order chi connectivity index (χ0) is 20.5. The molecule has 0 aliphatic carbocycles. The van der Waals surface area contributed by atoms with E-state index in [2.05, 4.69) is 21.4 Å². The topological polar surface area (TPSA) is 74.0 Å². The number of rotatable bonds is 4. The number of aromatic nitrogens is 2. The number of fused-ring (bicyclic) bond motifs is 1. The fourth-order valence-electron chi connectivity index (χ4n) is 3.42. The number of hydrogen-bond acceptors (Lipinski definition) is 5. The minimum Gasteiger partial charge on any atom is -0.312 e. The lowest BCUT2D eigenvalue weighted by atomic mass is 10.0. The number of amides is 1. The monoisotopic (exact) mass is 445 g/mol. The molecular formula is C20H17Cl2N5OS. The van der Waals surface area contributed by atoms with E-state index in [1.54, 1.807) is 30.1 Å². The van der Waals surface area contributed by atoms with Gasteiger partial charge in [0.2, 0.25) is 0 Å². The summed E-state index contributed by atoms with van der Waals surface area (Å²) in [6, 6.07) is 7.73. The van der Waals surface area contributed by atoms with Crippen LogP contribution in [-0.4, -0.2) is 27.1 Å². The van der Waals surface area contributed by atoms with E-state index in [9.17, 15) is 10.1 Å². The molecule has 6 nitrogen and oxygen atoms in total. The van der Waals surface area contributed by atoms with Crippen molar-refractivity contribution in [3.8, 4) is 6.07 Å². The number of halogens is 2. The van der Waals surface area contributed by atoms with Crippen molar-refractivity contribution in [3.05, 3.63) is 67.8 Å². The van der Waals surface area contributed by atoms with Gasteiger partial charge in [0, 0.05) is 47.8 Å². The van der Waals surface area contributed by atoms with Gasteiger partial charge in [0.1, 0.15) is 11.1 Å². The van der Waals surface area contributed by atoms with Crippen molar-refractivity contribution < 1.29 is 4.79 Å². The minimum atomic E-state index is -0.268. The van der Waals surface area contributed by atoms with E-state index < -0.39 is 0 Å². The lowest BCUT2D eigenvalue weighted by molar-refractivity contribution is 0.102. The van der Waals surface area contributed by atoms with Crippen LogP contribution in [0.5, 0.6) is 0 Å². The number of hydrogen-bond donors (Lipinski definition) is 1. The third-order valence-electron chi connectivity index (χ3n) is 4.84. The largest absolute Gasteiger partial charge is 0.312 e. The summed E-state index contributed by atoms with van der Waals surface area (Å²) in [6.07, 6.45) is 3.90. The first-order valence-electron chi connectivity index (χ1n) is 8.95. The molecule has 3 aromatic rings. The van der Waals surface area contributed by atoms with Crippen LogP contribution < -0.4 is 5.32 Å². The highest BCUT2D eigenvalue weighted by molar-refractivity contribution is 7.16. The zero-order valence-electron chi connectivity index (χ0n) is 15.6. The molecule has 0 fully saturated rings. The fraction of sp³-hybridized carbons (Fsp3) is 0.250. The average molecular weight is 446 g/mol. The molecule has 29 heavy (non-hydrogen) atoms.